The smallest absolute Gasteiger partial charge is 0.220 e. The van der Waals surface area contributed by atoms with Gasteiger partial charge in [-0.25, -0.2) is 13.2 Å². The van der Waals surface area contributed by atoms with E-state index in [1.807, 2.05) is 6.92 Å². The molecule has 0 atom stereocenters. The van der Waals surface area contributed by atoms with Crippen molar-refractivity contribution in [1.82, 2.24) is 9.78 Å². The van der Waals surface area contributed by atoms with E-state index in [-0.39, 0.29) is 11.4 Å². The van der Waals surface area contributed by atoms with Gasteiger partial charge in [-0.05, 0) is 6.42 Å². The predicted octanol–water partition coefficient (Wildman–Crippen LogP) is 2.95. The molecule has 2 aromatic rings. The summed E-state index contributed by atoms with van der Waals surface area (Å²) < 4.78 is 46.7. The van der Waals surface area contributed by atoms with Crippen LogP contribution in [0.5, 0.6) is 5.75 Å². The fourth-order valence-electron chi connectivity index (χ4n) is 2.01. The van der Waals surface area contributed by atoms with Crippen molar-refractivity contribution >= 4 is 5.78 Å². The lowest BCUT2D eigenvalue weighted by molar-refractivity contribution is 0.101. The molecule has 0 aliphatic heterocycles. The zero-order chi connectivity index (χ0) is 15.6. The minimum Gasteiger partial charge on any atom is -0.493 e. The van der Waals surface area contributed by atoms with Crippen molar-refractivity contribution in [3.63, 3.8) is 0 Å². The fraction of sp³-hybridized carbons (Fsp3) is 0.286. The Kier molecular flexibility index (Phi) is 4.30. The van der Waals surface area contributed by atoms with Crippen molar-refractivity contribution in [3.8, 4) is 5.75 Å². The van der Waals surface area contributed by atoms with Crippen LogP contribution < -0.4 is 4.74 Å². The number of rotatable bonds is 5. The van der Waals surface area contributed by atoms with Crippen LogP contribution in [0.15, 0.2) is 18.3 Å². The molecule has 1 heterocycles. The van der Waals surface area contributed by atoms with Gasteiger partial charge in [-0.1, -0.05) is 6.92 Å². The van der Waals surface area contributed by atoms with Crippen LogP contribution in [-0.4, -0.2) is 22.7 Å². The number of carbonyl (C=O) groups is 1. The highest BCUT2D eigenvalue weighted by Crippen LogP contribution is 2.25. The third kappa shape index (κ3) is 2.76. The molecule has 7 heteroatoms. The first kappa shape index (κ1) is 15.1. The molecule has 21 heavy (non-hydrogen) atoms. The Morgan fingerprint density at radius 1 is 1.29 bits per heavy atom. The van der Waals surface area contributed by atoms with E-state index in [2.05, 4.69) is 5.10 Å². The predicted molar refractivity (Wildman–Crippen MR) is 68.8 cm³/mol. The summed E-state index contributed by atoms with van der Waals surface area (Å²) in [4.78, 5) is 12.4. The summed E-state index contributed by atoms with van der Waals surface area (Å²) in [5.41, 5.74) is -0.892. The standard InChI is InChI=1S/C14H13F3N2O2/c1-3-4-19-13(11(21-2)7-18-19)14(20)12-9(16)5-8(15)6-10(12)17/h5-7H,3-4H2,1-2H3. The number of benzene rings is 1. The van der Waals surface area contributed by atoms with Crippen molar-refractivity contribution in [3.05, 3.63) is 47.0 Å². The fourth-order valence-corrected chi connectivity index (χ4v) is 2.01. The molecular formula is C14H13F3N2O2. The van der Waals surface area contributed by atoms with Gasteiger partial charge in [0, 0.05) is 18.7 Å². The molecule has 0 radical (unpaired) electrons. The van der Waals surface area contributed by atoms with Crippen LogP contribution in [0.2, 0.25) is 0 Å². The second-order valence-electron chi connectivity index (χ2n) is 4.36. The molecule has 0 bridgehead atoms. The lowest BCUT2D eigenvalue weighted by Gasteiger charge is -2.09. The number of hydrogen-bond donors (Lipinski definition) is 0. The lowest BCUT2D eigenvalue weighted by atomic mass is 10.1. The molecule has 0 spiro atoms. The van der Waals surface area contributed by atoms with Crippen LogP contribution in [0.25, 0.3) is 0 Å². The van der Waals surface area contributed by atoms with E-state index < -0.39 is 28.8 Å². The molecule has 112 valence electrons. The molecule has 4 nitrogen and oxygen atoms in total. The average molecular weight is 298 g/mol. The molecule has 0 saturated heterocycles. The molecule has 1 aromatic carbocycles. The number of nitrogens with zero attached hydrogens (tertiary/aromatic N) is 2. The first-order valence-corrected chi connectivity index (χ1v) is 6.28. The second kappa shape index (κ2) is 5.99. The van der Waals surface area contributed by atoms with Gasteiger partial charge < -0.3 is 4.74 Å². The summed E-state index contributed by atoms with van der Waals surface area (Å²) in [5.74, 6) is -4.44. The van der Waals surface area contributed by atoms with Crippen molar-refractivity contribution in [2.24, 2.45) is 0 Å². The summed E-state index contributed by atoms with van der Waals surface area (Å²) >= 11 is 0. The van der Waals surface area contributed by atoms with Crippen molar-refractivity contribution in [2.75, 3.05) is 7.11 Å². The number of halogens is 3. The Morgan fingerprint density at radius 3 is 2.43 bits per heavy atom. The largest absolute Gasteiger partial charge is 0.493 e. The maximum Gasteiger partial charge on any atom is 0.220 e. The van der Waals surface area contributed by atoms with E-state index >= 15 is 0 Å². The topological polar surface area (TPSA) is 44.1 Å². The first-order chi connectivity index (χ1) is 9.99. The highest BCUT2D eigenvalue weighted by molar-refractivity contribution is 6.09. The number of ketones is 1. The molecule has 0 aliphatic rings. The minimum atomic E-state index is -1.26. The molecule has 0 N–H and O–H groups in total. The third-order valence-corrected chi connectivity index (χ3v) is 2.91. The number of aromatic nitrogens is 2. The van der Waals surface area contributed by atoms with Gasteiger partial charge in [-0.2, -0.15) is 5.10 Å². The van der Waals surface area contributed by atoms with Gasteiger partial charge in [-0.15, -0.1) is 0 Å². The van der Waals surface area contributed by atoms with Gasteiger partial charge in [0.05, 0.1) is 18.9 Å². The maximum atomic E-state index is 13.7. The van der Waals surface area contributed by atoms with Crippen LogP contribution in [0.1, 0.15) is 29.4 Å². The van der Waals surface area contributed by atoms with E-state index in [0.717, 1.165) is 0 Å². The minimum absolute atomic E-state index is 0.0660. The highest BCUT2D eigenvalue weighted by Gasteiger charge is 2.26. The Morgan fingerprint density at radius 2 is 1.90 bits per heavy atom. The average Bonchev–Trinajstić information content (AvgIpc) is 2.80. The monoisotopic (exact) mass is 298 g/mol. The van der Waals surface area contributed by atoms with Gasteiger partial charge in [0.1, 0.15) is 17.5 Å². The zero-order valence-corrected chi connectivity index (χ0v) is 11.5. The van der Waals surface area contributed by atoms with Gasteiger partial charge >= 0.3 is 0 Å². The number of carbonyl (C=O) groups excluding carboxylic acids is 1. The van der Waals surface area contributed by atoms with E-state index in [9.17, 15) is 18.0 Å². The van der Waals surface area contributed by atoms with Crippen molar-refractivity contribution < 1.29 is 22.7 Å². The van der Waals surface area contributed by atoms with Crippen LogP contribution in [0, 0.1) is 17.5 Å². The van der Waals surface area contributed by atoms with Crippen LogP contribution in [-0.2, 0) is 6.54 Å². The Balaban J connectivity index is 2.57. The number of methoxy groups -OCH3 is 1. The van der Waals surface area contributed by atoms with E-state index in [0.29, 0.717) is 25.1 Å². The third-order valence-electron chi connectivity index (χ3n) is 2.91. The Bertz CT molecular complexity index is 660. The first-order valence-electron chi connectivity index (χ1n) is 6.28. The molecule has 0 saturated carbocycles. The SMILES string of the molecule is CCCn1ncc(OC)c1C(=O)c1c(F)cc(F)cc1F. The zero-order valence-electron chi connectivity index (χ0n) is 11.5. The normalized spacial score (nSPS) is 10.7. The summed E-state index contributed by atoms with van der Waals surface area (Å²) in [6, 6.07) is 0.923. The number of ether oxygens (including phenoxy) is 1. The molecular weight excluding hydrogens is 285 g/mol. The molecule has 0 aliphatic carbocycles. The maximum absolute atomic E-state index is 13.7. The van der Waals surface area contributed by atoms with Gasteiger partial charge in [-0.3, -0.25) is 9.48 Å². The van der Waals surface area contributed by atoms with E-state index in [1.54, 1.807) is 0 Å². The summed E-state index contributed by atoms with van der Waals surface area (Å²) in [5, 5.41) is 3.95. The Labute approximate surface area is 119 Å². The lowest BCUT2D eigenvalue weighted by Crippen LogP contribution is -2.15. The Hall–Kier alpha value is -2.31. The summed E-state index contributed by atoms with van der Waals surface area (Å²) in [6.45, 7) is 2.25. The number of aryl methyl sites for hydroxylation is 1. The molecule has 1 aromatic heterocycles. The molecule has 0 unspecified atom stereocenters. The second-order valence-corrected chi connectivity index (χ2v) is 4.36. The quantitative estimate of drug-likeness (QED) is 0.797. The summed E-state index contributed by atoms with van der Waals surface area (Å²) in [7, 11) is 1.32. The van der Waals surface area contributed by atoms with Crippen LogP contribution in [0.4, 0.5) is 13.2 Å². The van der Waals surface area contributed by atoms with E-state index in [1.165, 1.54) is 18.0 Å². The highest BCUT2D eigenvalue weighted by atomic mass is 19.1. The van der Waals surface area contributed by atoms with Crippen molar-refractivity contribution in [1.29, 1.82) is 0 Å². The number of hydrogen-bond acceptors (Lipinski definition) is 3. The van der Waals surface area contributed by atoms with Gasteiger partial charge in [0.2, 0.25) is 5.78 Å². The van der Waals surface area contributed by atoms with E-state index in [4.69, 9.17) is 4.74 Å². The summed E-state index contributed by atoms with van der Waals surface area (Å²) in [6.07, 6.45) is 1.96. The van der Waals surface area contributed by atoms with Crippen LogP contribution >= 0.6 is 0 Å². The molecule has 2 rings (SSSR count). The van der Waals surface area contributed by atoms with Crippen molar-refractivity contribution in [2.45, 2.75) is 19.9 Å². The van der Waals surface area contributed by atoms with Gasteiger partial charge in [0.15, 0.2) is 11.4 Å². The molecule has 0 fully saturated rings. The van der Waals surface area contributed by atoms with Crippen LogP contribution in [0.3, 0.4) is 0 Å². The van der Waals surface area contributed by atoms with Gasteiger partial charge in [0.25, 0.3) is 0 Å². The molecule has 0 amide bonds.